The average Bonchev–Trinajstić information content (AvgIpc) is 2.43. The molecule has 1 aliphatic rings. The van der Waals surface area contributed by atoms with Crippen molar-refractivity contribution in [3.05, 3.63) is 33.4 Å². The molecule has 0 aliphatic carbocycles. The summed E-state index contributed by atoms with van der Waals surface area (Å²) in [6.07, 6.45) is -4.40. The van der Waals surface area contributed by atoms with Crippen LogP contribution < -0.4 is 0 Å². The third-order valence-electron chi connectivity index (χ3n) is 1.99. The molecule has 16 heavy (non-hydrogen) atoms. The van der Waals surface area contributed by atoms with Crippen molar-refractivity contribution in [3.8, 4) is 0 Å². The fraction of sp³-hybridized carbons (Fsp3) is 0.222. The predicted octanol–water partition coefficient (Wildman–Crippen LogP) is 3.45. The van der Waals surface area contributed by atoms with Gasteiger partial charge in [-0.3, -0.25) is 0 Å². The molecule has 0 saturated carbocycles. The third kappa shape index (κ3) is 2.13. The molecule has 2 rings (SSSR count). The fourth-order valence-corrected chi connectivity index (χ4v) is 6.24. The van der Waals surface area contributed by atoms with Gasteiger partial charge >= 0.3 is 101 Å². The van der Waals surface area contributed by atoms with E-state index in [1.807, 2.05) is 0 Å². The number of fused-ring (bicyclic) bond motifs is 1. The molecule has 0 bridgehead atoms. The van der Waals surface area contributed by atoms with Crippen molar-refractivity contribution in [1.82, 2.24) is 3.11 Å². The van der Waals surface area contributed by atoms with Crippen molar-refractivity contribution < 1.29 is 18.0 Å². The second kappa shape index (κ2) is 4.06. The molecule has 7 heteroatoms. The summed E-state index contributed by atoms with van der Waals surface area (Å²) in [5.41, 5.74) is 0.312. The number of hydrogen-bond donors (Lipinski definition) is 0. The van der Waals surface area contributed by atoms with Crippen LogP contribution in [0.25, 0.3) is 0 Å². The molecule has 0 saturated heterocycles. The Morgan fingerprint density at radius 3 is 2.50 bits per heavy atom. The van der Waals surface area contributed by atoms with Gasteiger partial charge in [0.15, 0.2) is 0 Å². The van der Waals surface area contributed by atoms with E-state index in [9.17, 15) is 18.0 Å². The topological polar surface area (TPSA) is 20.3 Å². The van der Waals surface area contributed by atoms with Crippen LogP contribution in [0.2, 0.25) is 0 Å². The van der Waals surface area contributed by atoms with Gasteiger partial charge in [0.2, 0.25) is 0 Å². The van der Waals surface area contributed by atoms with Gasteiger partial charge < -0.3 is 0 Å². The maximum atomic E-state index is 12.2. The van der Waals surface area contributed by atoms with Crippen molar-refractivity contribution >= 4 is 33.8 Å². The number of hydrogen-bond acceptors (Lipinski definition) is 1. The second-order valence-electron chi connectivity index (χ2n) is 3.14. The number of nitrogens with zero attached hydrogens (tertiary/aromatic N) is 1. The van der Waals surface area contributed by atoms with Gasteiger partial charge in [-0.25, -0.2) is 0 Å². The maximum absolute atomic E-state index is 12.2. The van der Waals surface area contributed by atoms with Crippen LogP contribution in [0.4, 0.5) is 13.2 Å². The molecule has 1 aromatic carbocycles. The van der Waals surface area contributed by atoms with Crippen LogP contribution in [-0.4, -0.2) is 21.7 Å². The minimum absolute atomic E-state index is 0.312. The van der Waals surface area contributed by atoms with Crippen LogP contribution in [0.15, 0.2) is 24.3 Å². The van der Waals surface area contributed by atoms with E-state index in [0.717, 1.165) is 3.11 Å². The van der Waals surface area contributed by atoms with E-state index >= 15 is 0 Å². The van der Waals surface area contributed by atoms with E-state index in [2.05, 4.69) is 0 Å². The molecule has 0 spiro atoms. The Morgan fingerprint density at radius 1 is 1.31 bits per heavy atom. The van der Waals surface area contributed by atoms with Gasteiger partial charge in [0, 0.05) is 0 Å². The number of carbonyl (C=O) groups excluding carboxylic acids is 1. The molecule has 1 amide bonds. The van der Waals surface area contributed by atoms with Crippen LogP contribution in [0.1, 0.15) is 10.4 Å². The minimum atomic E-state index is -4.40. The number of carbonyl (C=O) groups is 1. The Labute approximate surface area is 101 Å². The molecule has 0 radical (unpaired) electrons. The molecular weight excluding hydrogens is 357 g/mol. The third-order valence-corrected chi connectivity index (χ3v) is 7.76. The molecule has 0 unspecified atom stereocenters. The van der Waals surface area contributed by atoms with Crippen LogP contribution in [0.3, 0.4) is 0 Å². The second-order valence-corrected chi connectivity index (χ2v) is 8.54. The van der Waals surface area contributed by atoms with Gasteiger partial charge in [-0.15, -0.1) is 0 Å². The van der Waals surface area contributed by atoms with Gasteiger partial charge in [0.1, 0.15) is 0 Å². The molecule has 88 valence electrons. The van der Waals surface area contributed by atoms with Gasteiger partial charge in [-0.2, -0.15) is 0 Å². The van der Waals surface area contributed by atoms with Gasteiger partial charge in [-0.05, 0) is 0 Å². The predicted molar refractivity (Wildman–Crippen MR) is 62.1 cm³/mol. The average molecular weight is 364 g/mol. The Morgan fingerprint density at radius 2 is 1.94 bits per heavy atom. The van der Waals surface area contributed by atoms with Gasteiger partial charge in [0.05, 0.1) is 0 Å². The number of alkyl halides is 3. The fourth-order valence-electron chi connectivity index (χ4n) is 1.36. The molecule has 0 fully saturated rings. The SMILES string of the molecule is O=C1c2ccccc2I(Cl)N1CC(F)(F)F. The normalized spacial score (nSPS) is 17.9. The first kappa shape index (κ1) is 12.0. The Kier molecular flexibility index (Phi) is 3.04. The van der Waals surface area contributed by atoms with E-state index in [-0.39, 0.29) is 0 Å². The van der Waals surface area contributed by atoms with Crippen molar-refractivity contribution in [2.24, 2.45) is 0 Å². The summed E-state index contributed by atoms with van der Waals surface area (Å²) in [6.45, 7) is -1.26. The first-order valence-corrected chi connectivity index (χ1v) is 9.02. The summed E-state index contributed by atoms with van der Waals surface area (Å²) in [6, 6.07) is 6.44. The monoisotopic (exact) mass is 363 g/mol. The van der Waals surface area contributed by atoms with Crippen molar-refractivity contribution in [3.63, 3.8) is 0 Å². The van der Waals surface area contributed by atoms with Crippen molar-refractivity contribution in [2.75, 3.05) is 6.54 Å². The van der Waals surface area contributed by atoms with Crippen LogP contribution >= 0.6 is 27.9 Å². The van der Waals surface area contributed by atoms with Gasteiger partial charge in [0.25, 0.3) is 0 Å². The van der Waals surface area contributed by atoms with Crippen molar-refractivity contribution in [1.29, 1.82) is 0 Å². The summed E-state index contributed by atoms with van der Waals surface area (Å²) in [7, 11) is 5.97. The van der Waals surface area contributed by atoms with Crippen LogP contribution in [0.5, 0.6) is 0 Å². The molecule has 1 aromatic rings. The summed E-state index contributed by atoms with van der Waals surface area (Å²) < 4.78 is 38.1. The van der Waals surface area contributed by atoms with E-state index in [4.69, 9.17) is 8.91 Å². The van der Waals surface area contributed by atoms with E-state index in [1.54, 1.807) is 18.2 Å². The molecule has 0 N–H and O–H groups in total. The molecule has 0 atom stereocenters. The number of halogens is 5. The summed E-state index contributed by atoms with van der Waals surface area (Å²) in [5, 5.41) is 0. The standard InChI is InChI=1S/C9H6ClF3INO/c10-14-7-4-2-1-3-6(7)8(16)15(14)5-9(11,12)13/h1-4H,5H2. The van der Waals surface area contributed by atoms with Crippen molar-refractivity contribution in [2.45, 2.75) is 6.18 Å². The zero-order valence-corrected chi connectivity index (χ0v) is 10.7. The molecule has 1 aliphatic heterocycles. The number of benzene rings is 1. The van der Waals surface area contributed by atoms with E-state index < -0.39 is 37.6 Å². The molecule has 0 aromatic heterocycles. The Balaban J connectivity index is 2.32. The number of amides is 1. The van der Waals surface area contributed by atoms with E-state index in [0.29, 0.717) is 9.13 Å². The molecular formula is C9H6ClF3INO. The molecule has 2 nitrogen and oxygen atoms in total. The Hall–Kier alpha value is -0.500. The first-order valence-electron chi connectivity index (χ1n) is 4.24. The number of rotatable bonds is 1. The van der Waals surface area contributed by atoms with Crippen LogP contribution in [-0.2, 0) is 0 Å². The molecule has 1 heterocycles. The quantitative estimate of drug-likeness (QED) is 0.553. The summed E-state index contributed by atoms with van der Waals surface area (Å²) >= 11 is -2.67. The summed E-state index contributed by atoms with van der Waals surface area (Å²) in [4.78, 5) is 11.7. The van der Waals surface area contributed by atoms with E-state index in [1.165, 1.54) is 6.07 Å². The van der Waals surface area contributed by atoms with Crippen LogP contribution in [0, 0.1) is 3.57 Å². The first-order chi connectivity index (χ1) is 7.40. The summed E-state index contributed by atoms with van der Waals surface area (Å²) in [5.74, 6) is -0.604. The zero-order valence-electron chi connectivity index (χ0n) is 7.76. The Bertz CT molecular complexity index is 437. The zero-order chi connectivity index (χ0) is 11.9. The van der Waals surface area contributed by atoms with Gasteiger partial charge in [-0.1, -0.05) is 0 Å².